The Morgan fingerprint density at radius 1 is 0.567 bits per heavy atom. The van der Waals surface area contributed by atoms with Crippen molar-refractivity contribution in [2.24, 2.45) is 0 Å². The van der Waals surface area contributed by atoms with E-state index in [-0.39, 0.29) is 19.6 Å². The highest BCUT2D eigenvalue weighted by Crippen LogP contribution is 2.26. The summed E-state index contributed by atoms with van der Waals surface area (Å²) in [5.74, 6) is -0.402. The van der Waals surface area contributed by atoms with Gasteiger partial charge in [0.25, 0.3) is 0 Å². The SMILES string of the molecule is CCCCCCC/C=C\C/C=C\CCCCCCCCCCCC(=O)OC(COCCCCCCCCCC/C=C\CCCCCCCCC)COC1OC(CO)C(O)C(OS(=O)(=O)O)C1O. The standard InChI is InChI=1S/C54H100O12S/c1-3-5-7-9-11-13-15-17-19-21-23-24-25-27-29-31-33-35-37-39-41-43-50(56)64-48(47-63-54-52(58)53(66-67(59,60)61)51(57)49(45-55)65-54)46-62-44-42-40-38-36-34-32-30-28-26-22-20-18-16-14-12-10-8-6-4-2/h15,17,20-23,48-49,51-55,57-58H,3-14,16,18-19,24-47H2,1-2H3,(H,59,60,61)/b17-15-,22-20-,23-21-. The van der Waals surface area contributed by atoms with Crippen molar-refractivity contribution >= 4 is 16.4 Å². The Bertz CT molecular complexity index is 1310. The number of hydrogen-bond donors (Lipinski definition) is 4. The summed E-state index contributed by atoms with van der Waals surface area (Å²) in [5.41, 5.74) is 0. The van der Waals surface area contributed by atoms with Crippen LogP contribution in [-0.4, -0.2) is 97.5 Å². The molecular weight excluding hydrogens is 873 g/mol. The van der Waals surface area contributed by atoms with E-state index < -0.39 is 59.8 Å². The van der Waals surface area contributed by atoms with Crippen LogP contribution in [0.15, 0.2) is 36.5 Å². The number of allylic oxidation sites excluding steroid dienone is 6. The average Bonchev–Trinajstić information content (AvgIpc) is 3.30. The van der Waals surface area contributed by atoms with Gasteiger partial charge in [0, 0.05) is 13.0 Å². The number of carbonyl (C=O) groups is 1. The van der Waals surface area contributed by atoms with E-state index in [4.69, 9.17) is 18.9 Å². The van der Waals surface area contributed by atoms with Gasteiger partial charge in [-0.3, -0.25) is 9.35 Å². The largest absolute Gasteiger partial charge is 0.457 e. The topological polar surface area (TPSA) is 178 Å². The molecule has 4 N–H and O–H groups in total. The molecule has 0 spiro atoms. The molecule has 1 aliphatic heterocycles. The molecular formula is C54H100O12S. The lowest BCUT2D eigenvalue weighted by Gasteiger charge is -2.41. The van der Waals surface area contributed by atoms with Gasteiger partial charge in [0.05, 0.1) is 19.8 Å². The van der Waals surface area contributed by atoms with Gasteiger partial charge in [0.15, 0.2) is 6.29 Å². The molecule has 67 heavy (non-hydrogen) atoms. The van der Waals surface area contributed by atoms with E-state index in [0.29, 0.717) is 13.0 Å². The third-order valence-electron chi connectivity index (χ3n) is 12.5. The summed E-state index contributed by atoms with van der Waals surface area (Å²) in [5, 5.41) is 30.8. The second kappa shape index (κ2) is 45.5. The van der Waals surface area contributed by atoms with Crippen LogP contribution in [0.3, 0.4) is 0 Å². The van der Waals surface area contributed by atoms with E-state index in [1.165, 1.54) is 161 Å². The zero-order chi connectivity index (χ0) is 48.9. The van der Waals surface area contributed by atoms with Crippen LogP contribution in [0.25, 0.3) is 0 Å². The van der Waals surface area contributed by atoms with Crippen molar-refractivity contribution in [3.8, 4) is 0 Å². The number of esters is 1. The van der Waals surface area contributed by atoms with Gasteiger partial charge in [-0.15, -0.1) is 0 Å². The lowest BCUT2D eigenvalue weighted by molar-refractivity contribution is -0.301. The van der Waals surface area contributed by atoms with Crippen LogP contribution in [0.2, 0.25) is 0 Å². The van der Waals surface area contributed by atoms with Gasteiger partial charge in [-0.05, 0) is 70.6 Å². The van der Waals surface area contributed by atoms with Crippen molar-refractivity contribution in [1.29, 1.82) is 0 Å². The van der Waals surface area contributed by atoms with Crippen LogP contribution >= 0.6 is 0 Å². The first-order valence-corrected chi connectivity index (χ1v) is 28.6. The minimum Gasteiger partial charge on any atom is -0.457 e. The predicted octanol–water partition coefficient (Wildman–Crippen LogP) is 12.9. The molecule has 1 saturated heterocycles. The molecule has 0 aliphatic carbocycles. The quantitative estimate of drug-likeness (QED) is 0.0197. The van der Waals surface area contributed by atoms with Crippen LogP contribution in [0.1, 0.15) is 239 Å². The first-order valence-electron chi connectivity index (χ1n) is 27.2. The van der Waals surface area contributed by atoms with Crippen LogP contribution in [0.5, 0.6) is 0 Å². The maximum Gasteiger partial charge on any atom is 0.397 e. The highest BCUT2D eigenvalue weighted by Gasteiger charge is 2.48. The summed E-state index contributed by atoms with van der Waals surface area (Å²) < 4.78 is 59.3. The van der Waals surface area contributed by atoms with Crippen LogP contribution in [0, 0.1) is 0 Å². The van der Waals surface area contributed by atoms with Gasteiger partial charge < -0.3 is 34.3 Å². The van der Waals surface area contributed by atoms with Crippen LogP contribution in [-0.2, 0) is 38.3 Å². The summed E-state index contributed by atoms with van der Waals surface area (Å²) in [6, 6.07) is 0. The normalized spacial score (nSPS) is 19.6. The molecule has 13 heteroatoms. The number of unbranched alkanes of at least 4 members (excludes halogenated alkanes) is 29. The minimum atomic E-state index is -5.07. The molecule has 0 aromatic carbocycles. The summed E-state index contributed by atoms with van der Waals surface area (Å²) in [4.78, 5) is 12.9. The molecule has 1 aliphatic rings. The van der Waals surface area contributed by atoms with Crippen molar-refractivity contribution < 1.29 is 56.2 Å². The average molecular weight is 973 g/mol. The highest BCUT2D eigenvalue weighted by molar-refractivity contribution is 7.80. The second-order valence-corrected chi connectivity index (χ2v) is 19.9. The zero-order valence-corrected chi connectivity index (χ0v) is 43.3. The molecule has 0 aromatic heterocycles. The Hall–Kier alpha value is -1.68. The van der Waals surface area contributed by atoms with Crippen molar-refractivity contribution in [3.63, 3.8) is 0 Å². The number of aliphatic hydroxyl groups excluding tert-OH is 3. The van der Waals surface area contributed by atoms with E-state index in [0.717, 1.165) is 51.4 Å². The van der Waals surface area contributed by atoms with E-state index in [9.17, 15) is 33.1 Å². The Labute approximate surface area is 409 Å². The molecule has 1 rings (SSSR count). The molecule has 394 valence electrons. The zero-order valence-electron chi connectivity index (χ0n) is 42.5. The van der Waals surface area contributed by atoms with Crippen molar-refractivity contribution in [2.75, 3.05) is 26.4 Å². The summed E-state index contributed by atoms with van der Waals surface area (Å²) >= 11 is 0. The molecule has 6 unspecified atom stereocenters. The van der Waals surface area contributed by atoms with Gasteiger partial charge in [0.1, 0.15) is 30.5 Å². The van der Waals surface area contributed by atoms with E-state index in [1.807, 2.05) is 0 Å². The van der Waals surface area contributed by atoms with Gasteiger partial charge in [-0.2, -0.15) is 8.42 Å². The first-order chi connectivity index (χ1) is 32.6. The number of aliphatic hydroxyl groups is 3. The fourth-order valence-corrected chi connectivity index (χ4v) is 8.85. The van der Waals surface area contributed by atoms with Gasteiger partial charge in [0.2, 0.25) is 0 Å². The summed E-state index contributed by atoms with van der Waals surface area (Å²) in [6.45, 7) is 4.00. The first kappa shape index (κ1) is 63.3. The van der Waals surface area contributed by atoms with Crippen molar-refractivity contribution in [3.05, 3.63) is 36.5 Å². The maximum absolute atomic E-state index is 12.9. The molecule has 1 fully saturated rings. The number of hydrogen-bond acceptors (Lipinski definition) is 11. The molecule has 0 saturated carbocycles. The van der Waals surface area contributed by atoms with E-state index in [1.54, 1.807) is 0 Å². The fraction of sp³-hybridized carbons (Fsp3) is 0.870. The molecule has 1 heterocycles. The van der Waals surface area contributed by atoms with Crippen LogP contribution in [0.4, 0.5) is 0 Å². The molecule has 0 aromatic rings. The Balaban J connectivity index is 2.34. The molecule has 12 nitrogen and oxygen atoms in total. The molecule has 0 radical (unpaired) electrons. The Morgan fingerprint density at radius 3 is 1.43 bits per heavy atom. The van der Waals surface area contributed by atoms with Crippen molar-refractivity contribution in [1.82, 2.24) is 0 Å². The summed E-state index contributed by atoms with van der Waals surface area (Å²) in [7, 11) is -5.07. The Kier molecular flexibility index (Phi) is 43.0. The molecule has 0 bridgehead atoms. The van der Waals surface area contributed by atoms with Gasteiger partial charge in [-0.25, -0.2) is 4.18 Å². The molecule has 0 amide bonds. The number of rotatable bonds is 48. The lowest BCUT2D eigenvalue weighted by Crippen LogP contribution is -2.60. The van der Waals surface area contributed by atoms with Crippen LogP contribution < -0.4 is 0 Å². The van der Waals surface area contributed by atoms with E-state index >= 15 is 0 Å². The Morgan fingerprint density at radius 2 is 0.985 bits per heavy atom. The predicted molar refractivity (Wildman–Crippen MR) is 271 cm³/mol. The fourth-order valence-electron chi connectivity index (χ4n) is 8.35. The van der Waals surface area contributed by atoms with Gasteiger partial charge >= 0.3 is 16.4 Å². The van der Waals surface area contributed by atoms with E-state index in [2.05, 4.69) is 54.5 Å². The summed E-state index contributed by atoms with van der Waals surface area (Å²) in [6.07, 6.45) is 46.0. The third-order valence-corrected chi connectivity index (χ3v) is 13.0. The maximum atomic E-state index is 12.9. The highest BCUT2D eigenvalue weighted by atomic mass is 32.3. The monoisotopic (exact) mass is 973 g/mol. The van der Waals surface area contributed by atoms with Gasteiger partial charge in [-0.1, -0.05) is 198 Å². The van der Waals surface area contributed by atoms with Crippen molar-refractivity contribution in [2.45, 2.75) is 275 Å². The molecule has 6 atom stereocenters. The minimum absolute atomic E-state index is 0.0337. The number of carbonyl (C=O) groups excluding carboxylic acids is 1. The smallest absolute Gasteiger partial charge is 0.397 e. The number of ether oxygens (including phenoxy) is 4. The second-order valence-electron chi connectivity index (χ2n) is 18.8. The lowest BCUT2D eigenvalue weighted by atomic mass is 9.99. The third kappa shape index (κ3) is 38.7.